The number of fused-ring (bicyclic) bond motifs is 1. The van der Waals surface area contributed by atoms with Crippen molar-refractivity contribution >= 4 is 27.5 Å². The first-order chi connectivity index (χ1) is 16.5. The van der Waals surface area contributed by atoms with E-state index >= 15 is 0 Å². The molecule has 0 saturated carbocycles. The third-order valence-electron chi connectivity index (χ3n) is 5.71. The Morgan fingerprint density at radius 2 is 1.65 bits per heavy atom. The minimum absolute atomic E-state index is 0.0114. The monoisotopic (exact) mass is 479 g/mol. The van der Waals surface area contributed by atoms with Gasteiger partial charge in [0.2, 0.25) is 5.91 Å². The summed E-state index contributed by atoms with van der Waals surface area (Å²) >= 11 is 1.31. The minimum Gasteiger partial charge on any atom is -0.352 e. The van der Waals surface area contributed by atoms with Crippen molar-refractivity contribution in [3.8, 4) is 0 Å². The number of amides is 1. The number of rotatable bonds is 10. The Bertz CT molecular complexity index is 1370. The molecule has 2 heterocycles. The van der Waals surface area contributed by atoms with Crippen LogP contribution in [0.3, 0.4) is 0 Å². The van der Waals surface area contributed by atoms with Crippen LogP contribution in [0.5, 0.6) is 0 Å². The van der Waals surface area contributed by atoms with E-state index in [1.54, 1.807) is 28.1 Å². The number of halogens is 1. The van der Waals surface area contributed by atoms with Gasteiger partial charge in [-0.25, -0.2) is 9.18 Å². The maximum atomic E-state index is 13.3. The number of nitrogens with zero attached hydrogens (tertiary/aromatic N) is 2. The average molecular weight is 480 g/mol. The Hall–Kier alpha value is -3.52. The lowest BCUT2D eigenvalue weighted by Crippen LogP contribution is -2.39. The predicted octanol–water partition coefficient (Wildman–Crippen LogP) is 4.29. The van der Waals surface area contributed by atoms with Gasteiger partial charge in [0, 0.05) is 19.5 Å². The zero-order chi connectivity index (χ0) is 23.9. The maximum Gasteiger partial charge on any atom is 0.331 e. The molecular weight excluding hydrogens is 453 g/mol. The van der Waals surface area contributed by atoms with E-state index in [1.165, 1.54) is 28.0 Å². The Kier molecular flexibility index (Phi) is 7.69. The summed E-state index contributed by atoms with van der Waals surface area (Å²) in [4.78, 5) is 38.1. The van der Waals surface area contributed by atoms with Gasteiger partial charge in [-0.2, -0.15) is 0 Å². The molecule has 0 aliphatic rings. The third-order valence-corrected chi connectivity index (χ3v) is 6.60. The van der Waals surface area contributed by atoms with Crippen LogP contribution in [0.2, 0.25) is 0 Å². The van der Waals surface area contributed by atoms with Crippen molar-refractivity contribution in [2.75, 3.05) is 0 Å². The van der Waals surface area contributed by atoms with Gasteiger partial charge >= 0.3 is 5.69 Å². The van der Waals surface area contributed by atoms with E-state index in [1.807, 2.05) is 30.3 Å². The molecular formula is C26H26FN3O3S. The first-order valence-corrected chi connectivity index (χ1v) is 12.2. The molecule has 0 saturated heterocycles. The predicted molar refractivity (Wildman–Crippen MR) is 133 cm³/mol. The summed E-state index contributed by atoms with van der Waals surface area (Å²) in [6.45, 7) is 1.05. The van der Waals surface area contributed by atoms with Crippen LogP contribution in [0, 0.1) is 5.82 Å². The van der Waals surface area contributed by atoms with Gasteiger partial charge in [0.1, 0.15) is 10.5 Å². The van der Waals surface area contributed by atoms with Gasteiger partial charge in [-0.3, -0.25) is 18.7 Å². The van der Waals surface area contributed by atoms with Crippen LogP contribution in [0.25, 0.3) is 10.2 Å². The number of carbonyl (C=O) groups is 1. The Morgan fingerprint density at radius 3 is 2.41 bits per heavy atom. The lowest BCUT2D eigenvalue weighted by atomic mass is 10.1. The molecule has 0 aliphatic carbocycles. The van der Waals surface area contributed by atoms with Crippen molar-refractivity contribution in [2.24, 2.45) is 0 Å². The summed E-state index contributed by atoms with van der Waals surface area (Å²) in [6.07, 6.45) is 2.43. The van der Waals surface area contributed by atoms with E-state index in [2.05, 4.69) is 5.32 Å². The van der Waals surface area contributed by atoms with Crippen LogP contribution in [0.1, 0.15) is 36.8 Å². The zero-order valence-corrected chi connectivity index (χ0v) is 19.5. The summed E-state index contributed by atoms with van der Waals surface area (Å²) in [7, 11) is 0. The Morgan fingerprint density at radius 1 is 0.882 bits per heavy atom. The van der Waals surface area contributed by atoms with Crippen LogP contribution < -0.4 is 16.6 Å². The molecule has 176 valence electrons. The van der Waals surface area contributed by atoms with E-state index in [0.29, 0.717) is 42.6 Å². The number of hydrogen-bond acceptors (Lipinski definition) is 4. The fourth-order valence-corrected chi connectivity index (χ4v) is 4.72. The van der Waals surface area contributed by atoms with Gasteiger partial charge < -0.3 is 5.32 Å². The highest BCUT2D eigenvalue weighted by Gasteiger charge is 2.14. The molecule has 0 fully saturated rings. The van der Waals surface area contributed by atoms with Gasteiger partial charge in [0.05, 0.1) is 12.1 Å². The molecule has 2 aromatic heterocycles. The number of hydrogen-bond donors (Lipinski definition) is 1. The summed E-state index contributed by atoms with van der Waals surface area (Å²) in [5.41, 5.74) is 1.77. The van der Waals surface area contributed by atoms with E-state index in [0.717, 1.165) is 17.5 Å². The Labute approximate surface area is 200 Å². The van der Waals surface area contributed by atoms with Crippen LogP contribution in [0.4, 0.5) is 4.39 Å². The molecule has 0 aliphatic heterocycles. The molecule has 0 bridgehead atoms. The van der Waals surface area contributed by atoms with Crippen molar-refractivity contribution in [3.05, 3.63) is 104 Å². The molecule has 2 aromatic carbocycles. The van der Waals surface area contributed by atoms with Crippen LogP contribution >= 0.6 is 11.3 Å². The second kappa shape index (κ2) is 11.1. The highest BCUT2D eigenvalue weighted by molar-refractivity contribution is 7.17. The van der Waals surface area contributed by atoms with Crippen molar-refractivity contribution in [3.63, 3.8) is 0 Å². The number of unbranched alkanes of at least 4 members (excludes halogenated alkanes) is 2. The number of nitrogens with one attached hydrogen (secondary N) is 1. The summed E-state index contributed by atoms with van der Waals surface area (Å²) in [6, 6.07) is 17.5. The lowest BCUT2D eigenvalue weighted by Gasteiger charge is -2.12. The molecule has 8 heteroatoms. The number of thiophene rings is 1. The van der Waals surface area contributed by atoms with Gasteiger partial charge in [0.15, 0.2) is 0 Å². The smallest absolute Gasteiger partial charge is 0.331 e. The van der Waals surface area contributed by atoms with Crippen molar-refractivity contribution in [1.82, 2.24) is 14.5 Å². The SMILES string of the molecule is O=C(CCCCCn1c(=O)c2sccc2n(Cc2ccc(F)cc2)c1=O)NCc1ccccc1. The second-order valence-electron chi connectivity index (χ2n) is 8.16. The molecule has 1 N–H and O–H groups in total. The topological polar surface area (TPSA) is 73.1 Å². The normalized spacial score (nSPS) is 11.1. The molecule has 4 aromatic rings. The molecule has 4 rings (SSSR count). The second-order valence-corrected chi connectivity index (χ2v) is 9.08. The molecule has 0 spiro atoms. The molecule has 1 amide bonds. The average Bonchev–Trinajstić information content (AvgIpc) is 3.34. The van der Waals surface area contributed by atoms with E-state index in [-0.39, 0.29) is 29.5 Å². The number of carbonyl (C=O) groups excluding carboxylic acids is 1. The van der Waals surface area contributed by atoms with Crippen LogP contribution in [-0.4, -0.2) is 15.0 Å². The standard InChI is InChI=1S/C26H26FN3O3S/c27-21-12-10-20(11-13-21)18-30-22-14-16-34-24(22)25(32)29(26(30)33)15-6-2-5-9-23(31)28-17-19-7-3-1-4-8-19/h1,3-4,7-8,10-14,16H,2,5-6,9,15,17-18H2,(H,28,31). The van der Waals surface area contributed by atoms with Crippen molar-refractivity contribution in [1.29, 1.82) is 0 Å². The first kappa shape index (κ1) is 23.6. The first-order valence-electron chi connectivity index (χ1n) is 11.3. The highest BCUT2D eigenvalue weighted by Crippen LogP contribution is 2.17. The molecule has 0 atom stereocenters. The molecule has 0 unspecified atom stereocenters. The number of benzene rings is 2. The largest absolute Gasteiger partial charge is 0.352 e. The van der Waals surface area contributed by atoms with Gasteiger partial charge in [0.25, 0.3) is 5.56 Å². The van der Waals surface area contributed by atoms with Gasteiger partial charge in [-0.15, -0.1) is 11.3 Å². The third kappa shape index (κ3) is 5.69. The molecule has 0 radical (unpaired) electrons. The van der Waals surface area contributed by atoms with Gasteiger partial charge in [-0.1, -0.05) is 48.9 Å². The zero-order valence-electron chi connectivity index (χ0n) is 18.7. The fraction of sp³-hybridized carbons (Fsp3) is 0.269. The van der Waals surface area contributed by atoms with Crippen LogP contribution in [-0.2, 0) is 24.4 Å². The summed E-state index contributed by atoms with van der Waals surface area (Å²) in [5, 5.41) is 4.70. The van der Waals surface area contributed by atoms with Crippen molar-refractivity contribution < 1.29 is 9.18 Å². The summed E-state index contributed by atoms with van der Waals surface area (Å²) in [5.74, 6) is -0.349. The number of aromatic nitrogens is 2. The van der Waals surface area contributed by atoms with Crippen molar-refractivity contribution in [2.45, 2.75) is 45.3 Å². The van der Waals surface area contributed by atoms with Gasteiger partial charge in [-0.05, 0) is 47.5 Å². The highest BCUT2D eigenvalue weighted by atomic mass is 32.1. The van der Waals surface area contributed by atoms with E-state index in [9.17, 15) is 18.8 Å². The van der Waals surface area contributed by atoms with E-state index in [4.69, 9.17) is 0 Å². The lowest BCUT2D eigenvalue weighted by molar-refractivity contribution is -0.121. The maximum absolute atomic E-state index is 13.3. The van der Waals surface area contributed by atoms with E-state index < -0.39 is 0 Å². The Balaban J connectivity index is 1.36. The summed E-state index contributed by atoms with van der Waals surface area (Å²) < 4.78 is 16.6. The molecule has 34 heavy (non-hydrogen) atoms. The quantitative estimate of drug-likeness (QED) is 0.345. The molecule has 6 nitrogen and oxygen atoms in total. The van der Waals surface area contributed by atoms with Crippen LogP contribution in [0.15, 0.2) is 75.6 Å². The fourth-order valence-electron chi connectivity index (χ4n) is 3.87. The minimum atomic E-state index is -0.374.